The smallest absolute Gasteiger partial charge is 0.419 e. The number of ether oxygens (including phenoxy) is 1. The third-order valence-electron chi connectivity index (χ3n) is 3.73. The molecule has 1 heterocycles. The number of anilines is 3. The maximum atomic E-state index is 13.4. The van der Waals surface area contributed by atoms with E-state index in [0.717, 1.165) is 11.6 Å². The Morgan fingerprint density at radius 3 is 2.47 bits per heavy atom. The lowest BCUT2D eigenvalue weighted by molar-refractivity contribution is -0.139. The van der Waals surface area contributed by atoms with Gasteiger partial charge in [0.1, 0.15) is 22.5 Å². The number of hydrogen-bond donors (Lipinski definition) is 2. The van der Waals surface area contributed by atoms with Crippen molar-refractivity contribution in [1.82, 2.24) is 9.97 Å². The summed E-state index contributed by atoms with van der Waals surface area (Å²) >= 11 is 5.94. The van der Waals surface area contributed by atoms with Gasteiger partial charge in [-0.25, -0.2) is 9.82 Å². The molecular weight excluding hydrogens is 426 g/mol. The summed E-state index contributed by atoms with van der Waals surface area (Å²) in [5.74, 6) is -0.572. The minimum absolute atomic E-state index is 0.00733. The van der Waals surface area contributed by atoms with E-state index in [9.17, 15) is 17.6 Å². The predicted octanol–water partition coefficient (Wildman–Crippen LogP) is 5.49. The molecule has 0 bridgehead atoms. The molecule has 6 nitrogen and oxygen atoms in total. The number of alkyl halides is 3. The molecule has 0 atom stereocenters. The topological polar surface area (TPSA) is 71.4 Å². The molecule has 30 heavy (non-hydrogen) atoms. The highest BCUT2D eigenvalue weighted by molar-refractivity contribution is 6.29. The zero-order valence-electron chi connectivity index (χ0n) is 15.3. The molecule has 0 aliphatic carbocycles. The number of hydrogen-bond acceptors (Lipinski definition) is 6. The van der Waals surface area contributed by atoms with E-state index in [1.54, 1.807) is 31.4 Å². The number of rotatable bonds is 6. The highest BCUT2D eigenvalue weighted by Crippen LogP contribution is 2.33. The number of benzene rings is 2. The van der Waals surface area contributed by atoms with E-state index in [2.05, 4.69) is 25.8 Å². The first-order valence-electron chi connectivity index (χ1n) is 8.36. The number of aromatic nitrogens is 2. The molecule has 156 valence electrons. The highest BCUT2D eigenvalue weighted by atomic mass is 35.5. The quantitative estimate of drug-likeness (QED) is 0.230. The molecule has 3 aromatic rings. The molecule has 0 unspecified atom stereocenters. The van der Waals surface area contributed by atoms with Gasteiger partial charge in [0.2, 0.25) is 5.95 Å². The second kappa shape index (κ2) is 8.95. The Morgan fingerprint density at radius 1 is 1.07 bits per heavy atom. The molecule has 0 aliphatic heterocycles. The second-order valence-electron chi connectivity index (χ2n) is 5.86. The summed E-state index contributed by atoms with van der Waals surface area (Å²) in [6, 6.07) is 10.9. The van der Waals surface area contributed by atoms with Gasteiger partial charge in [-0.05, 0) is 48.0 Å². The fourth-order valence-corrected chi connectivity index (χ4v) is 2.54. The molecule has 2 N–H and O–H groups in total. The Hall–Kier alpha value is -3.40. The Kier molecular flexibility index (Phi) is 6.36. The summed E-state index contributed by atoms with van der Waals surface area (Å²) in [5.41, 5.74) is 1.94. The standard InChI is InChI=1S/C19H14ClF4N5O/c1-30-13-5-2-11(3-6-13)10-25-29-18-27-16(20)9-17(28-18)26-12-4-7-15(21)14(8-12)19(22,23)24/h2-10H,1H3,(H2,26,27,28,29)/b25-10+. The summed E-state index contributed by atoms with van der Waals surface area (Å²) in [6.45, 7) is 0. The largest absolute Gasteiger partial charge is 0.497 e. The van der Waals surface area contributed by atoms with E-state index in [1.165, 1.54) is 12.3 Å². The normalized spacial score (nSPS) is 11.5. The zero-order valence-corrected chi connectivity index (χ0v) is 16.1. The van der Waals surface area contributed by atoms with E-state index in [0.29, 0.717) is 17.9 Å². The Bertz CT molecular complexity index is 1060. The van der Waals surface area contributed by atoms with Crippen LogP contribution < -0.4 is 15.5 Å². The molecule has 0 saturated heterocycles. The van der Waals surface area contributed by atoms with Crippen LogP contribution in [-0.4, -0.2) is 23.3 Å². The molecule has 3 rings (SSSR count). The minimum atomic E-state index is -4.83. The van der Waals surface area contributed by atoms with E-state index in [1.807, 2.05) is 0 Å². The van der Waals surface area contributed by atoms with Crippen molar-refractivity contribution in [3.05, 3.63) is 70.6 Å². The van der Waals surface area contributed by atoms with Crippen LogP contribution in [0.1, 0.15) is 11.1 Å². The van der Waals surface area contributed by atoms with Gasteiger partial charge >= 0.3 is 6.18 Å². The van der Waals surface area contributed by atoms with Gasteiger partial charge in [-0.1, -0.05) is 11.6 Å². The average Bonchev–Trinajstić information content (AvgIpc) is 2.69. The van der Waals surface area contributed by atoms with Crippen molar-refractivity contribution < 1.29 is 22.3 Å². The average molecular weight is 440 g/mol. The van der Waals surface area contributed by atoms with E-state index >= 15 is 0 Å². The van der Waals surface area contributed by atoms with Crippen LogP contribution >= 0.6 is 11.6 Å². The van der Waals surface area contributed by atoms with Gasteiger partial charge < -0.3 is 10.1 Å². The Morgan fingerprint density at radius 2 is 1.80 bits per heavy atom. The number of halogens is 5. The van der Waals surface area contributed by atoms with Crippen LogP contribution in [0.2, 0.25) is 5.15 Å². The molecule has 1 aromatic heterocycles. The lowest BCUT2D eigenvalue weighted by Gasteiger charge is -2.12. The van der Waals surface area contributed by atoms with Crippen molar-refractivity contribution in [2.75, 3.05) is 17.9 Å². The fraction of sp³-hybridized carbons (Fsp3) is 0.105. The zero-order chi connectivity index (χ0) is 21.7. The first kappa shape index (κ1) is 21.3. The summed E-state index contributed by atoms with van der Waals surface area (Å²) < 4.78 is 57.1. The van der Waals surface area contributed by atoms with Crippen LogP contribution in [0.3, 0.4) is 0 Å². The van der Waals surface area contributed by atoms with Crippen molar-refractivity contribution in [2.24, 2.45) is 5.10 Å². The van der Waals surface area contributed by atoms with Gasteiger partial charge in [0.25, 0.3) is 0 Å². The van der Waals surface area contributed by atoms with Crippen LogP contribution in [-0.2, 0) is 6.18 Å². The molecule has 0 aliphatic rings. The minimum Gasteiger partial charge on any atom is -0.497 e. The van der Waals surface area contributed by atoms with E-state index < -0.39 is 17.6 Å². The van der Waals surface area contributed by atoms with Gasteiger partial charge in [-0.2, -0.15) is 28.2 Å². The van der Waals surface area contributed by atoms with E-state index in [4.69, 9.17) is 16.3 Å². The monoisotopic (exact) mass is 439 g/mol. The van der Waals surface area contributed by atoms with Crippen molar-refractivity contribution in [3.8, 4) is 5.75 Å². The van der Waals surface area contributed by atoms with Gasteiger partial charge in [-0.3, -0.25) is 0 Å². The fourth-order valence-electron chi connectivity index (χ4n) is 2.35. The molecule has 0 radical (unpaired) electrons. The van der Waals surface area contributed by atoms with Crippen molar-refractivity contribution in [3.63, 3.8) is 0 Å². The summed E-state index contributed by atoms with van der Waals surface area (Å²) in [6.07, 6.45) is -3.32. The third-order valence-corrected chi connectivity index (χ3v) is 3.93. The maximum absolute atomic E-state index is 13.4. The molecule has 0 amide bonds. The van der Waals surface area contributed by atoms with Crippen LogP contribution in [0.25, 0.3) is 0 Å². The maximum Gasteiger partial charge on any atom is 0.419 e. The van der Waals surface area contributed by atoms with E-state index in [-0.39, 0.29) is 22.6 Å². The summed E-state index contributed by atoms with van der Waals surface area (Å²) in [5, 5.41) is 6.65. The lowest BCUT2D eigenvalue weighted by atomic mass is 10.2. The lowest BCUT2D eigenvalue weighted by Crippen LogP contribution is -2.09. The first-order chi connectivity index (χ1) is 14.2. The first-order valence-corrected chi connectivity index (χ1v) is 8.74. The number of nitrogens with zero attached hydrogens (tertiary/aromatic N) is 3. The third kappa shape index (κ3) is 5.57. The summed E-state index contributed by atoms with van der Waals surface area (Å²) in [7, 11) is 1.56. The van der Waals surface area contributed by atoms with Crippen LogP contribution in [0.15, 0.2) is 53.6 Å². The highest BCUT2D eigenvalue weighted by Gasteiger charge is 2.34. The summed E-state index contributed by atoms with van der Waals surface area (Å²) in [4.78, 5) is 8.01. The van der Waals surface area contributed by atoms with Crippen LogP contribution in [0.4, 0.5) is 35.0 Å². The molecule has 0 fully saturated rings. The number of nitrogens with one attached hydrogen (secondary N) is 2. The second-order valence-corrected chi connectivity index (χ2v) is 6.25. The number of methoxy groups -OCH3 is 1. The number of hydrazone groups is 1. The van der Waals surface area contributed by atoms with Crippen molar-refractivity contribution in [2.45, 2.75) is 6.18 Å². The van der Waals surface area contributed by atoms with Gasteiger partial charge in [-0.15, -0.1) is 0 Å². The SMILES string of the molecule is COc1ccc(/C=N/Nc2nc(Cl)cc(Nc3ccc(F)c(C(F)(F)F)c3)n2)cc1. The Labute approximate surface area is 173 Å². The Balaban J connectivity index is 1.74. The van der Waals surface area contributed by atoms with Crippen LogP contribution in [0, 0.1) is 5.82 Å². The molecular formula is C19H14ClF4N5O. The van der Waals surface area contributed by atoms with Crippen molar-refractivity contribution in [1.29, 1.82) is 0 Å². The van der Waals surface area contributed by atoms with Gasteiger partial charge in [0.15, 0.2) is 0 Å². The van der Waals surface area contributed by atoms with Crippen molar-refractivity contribution >= 4 is 35.3 Å². The molecule has 0 saturated carbocycles. The van der Waals surface area contributed by atoms with Gasteiger partial charge in [0, 0.05) is 11.8 Å². The van der Waals surface area contributed by atoms with Gasteiger partial charge in [0.05, 0.1) is 18.9 Å². The predicted molar refractivity (Wildman–Crippen MR) is 106 cm³/mol. The van der Waals surface area contributed by atoms with Crippen LogP contribution in [0.5, 0.6) is 5.75 Å². The molecule has 11 heteroatoms. The molecule has 2 aromatic carbocycles. The molecule has 0 spiro atoms.